The van der Waals surface area contributed by atoms with E-state index in [9.17, 15) is 5.11 Å². The standard InChI is InChI=1S/C14H30ClNO/c1-4-6-7-8-9-10-16(12-14(15)17)11-13(3)5-2/h13-14,17H,4-12H2,1-3H3. The van der Waals surface area contributed by atoms with Crippen molar-refractivity contribution in [3.05, 3.63) is 0 Å². The zero-order valence-corrected chi connectivity index (χ0v) is 12.5. The van der Waals surface area contributed by atoms with Crippen molar-refractivity contribution >= 4 is 11.6 Å². The van der Waals surface area contributed by atoms with E-state index in [0.717, 1.165) is 13.1 Å². The molecule has 104 valence electrons. The average Bonchev–Trinajstić information content (AvgIpc) is 2.27. The largest absolute Gasteiger partial charge is 0.376 e. The third-order valence-electron chi connectivity index (χ3n) is 3.25. The van der Waals surface area contributed by atoms with Gasteiger partial charge in [-0.25, -0.2) is 0 Å². The van der Waals surface area contributed by atoms with Crippen LogP contribution in [0.5, 0.6) is 0 Å². The summed E-state index contributed by atoms with van der Waals surface area (Å²) in [6.07, 6.45) is 7.66. The summed E-state index contributed by atoms with van der Waals surface area (Å²) in [6, 6.07) is 0. The second-order valence-corrected chi connectivity index (χ2v) is 5.63. The summed E-state index contributed by atoms with van der Waals surface area (Å²) in [5.41, 5.74) is -0.727. The fraction of sp³-hybridized carbons (Fsp3) is 1.00. The van der Waals surface area contributed by atoms with Gasteiger partial charge in [-0.2, -0.15) is 0 Å². The summed E-state index contributed by atoms with van der Waals surface area (Å²) in [7, 11) is 0. The van der Waals surface area contributed by atoms with E-state index in [1.807, 2.05) is 0 Å². The average molecular weight is 264 g/mol. The number of rotatable bonds is 11. The molecule has 0 fully saturated rings. The van der Waals surface area contributed by atoms with Crippen LogP contribution in [0.1, 0.15) is 59.3 Å². The van der Waals surface area contributed by atoms with Gasteiger partial charge in [0.05, 0.1) is 0 Å². The van der Waals surface area contributed by atoms with Crippen LogP contribution in [-0.4, -0.2) is 35.2 Å². The summed E-state index contributed by atoms with van der Waals surface area (Å²) < 4.78 is 0. The molecule has 0 saturated heterocycles. The molecule has 0 aromatic carbocycles. The molecule has 0 spiro atoms. The zero-order chi connectivity index (χ0) is 13.1. The third kappa shape index (κ3) is 11.1. The predicted octanol–water partition coefficient (Wildman–Crippen LogP) is 3.86. The number of aliphatic hydroxyl groups excluding tert-OH is 1. The maximum absolute atomic E-state index is 9.27. The number of nitrogens with zero attached hydrogens (tertiary/aromatic N) is 1. The van der Waals surface area contributed by atoms with Crippen LogP contribution in [0.15, 0.2) is 0 Å². The highest BCUT2D eigenvalue weighted by Crippen LogP contribution is 2.09. The van der Waals surface area contributed by atoms with Crippen molar-refractivity contribution in [3.63, 3.8) is 0 Å². The number of aliphatic hydroxyl groups is 1. The fourth-order valence-electron chi connectivity index (χ4n) is 1.98. The molecule has 0 rings (SSSR count). The summed E-state index contributed by atoms with van der Waals surface area (Å²) in [4.78, 5) is 2.30. The van der Waals surface area contributed by atoms with Crippen molar-refractivity contribution in [2.24, 2.45) is 5.92 Å². The Balaban J connectivity index is 3.76. The highest BCUT2D eigenvalue weighted by atomic mass is 35.5. The first-order valence-electron chi connectivity index (χ1n) is 7.14. The van der Waals surface area contributed by atoms with Gasteiger partial charge in [-0.05, 0) is 18.9 Å². The third-order valence-corrected chi connectivity index (χ3v) is 3.39. The first-order valence-corrected chi connectivity index (χ1v) is 7.58. The lowest BCUT2D eigenvalue weighted by Gasteiger charge is -2.25. The Morgan fingerprint density at radius 2 is 1.71 bits per heavy atom. The Bertz CT molecular complexity index is 164. The van der Waals surface area contributed by atoms with E-state index in [1.165, 1.54) is 38.5 Å². The molecule has 17 heavy (non-hydrogen) atoms. The van der Waals surface area contributed by atoms with Crippen LogP contribution in [0.3, 0.4) is 0 Å². The highest BCUT2D eigenvalue weighted by Gasteiger charge is 2.11. The number of unbranched alkanes of at least 4 members (excludes halogenated alkanes) is 4. The Morgan fingerprint density at radius 1 is 1.06 bits per heavy atom. The lowest BCUT2D eigenvalue weighted by molar-refractivity contribution is 0.152. The molecule has 1 N–H and O–H groups in total. The Morgan fingerprint density at radius 3 is 2.24 bits per heavy atom. The van der Waals surface area contributed by atoms with Crippen LogP contribution in [0, 0.1) is 5.92 Å². The Hall–Kier alpha value is 0.210. The van der Waals surface area contributed by atoms with Crippen LogP contribution in [-0.2, 0) is 0 Å². The molecule has 0 saturated carbocycles. The van der Waals surface area contributed by atoms with Crippen molar-refractivity contribution in [3.8, 4) is 0 Å². The van der Waals surface area contributed by atoms with Gasteiger partial charge in [-0.15, -0.1) is 0 Å². The van der Waals surface area contributed by atoms with Crippen molar-refractivity contribution < 1.29 is 5.11 Å². The molecular formula is C14H30ClNO. The molecule has 0 aliphatic carbocycles. The second kappa shape index (κ2) is 11.3. The first-order chi connectivity index (χ1) is 8.10. The van der Waals surface area contributed by atoms with E-state index < -0.39 is 5.56 Å². The first kappa shape index (κ1) is 17.2. The Kier molecular flexibility index (Phi) is 11.4. The van der Waals surface area contributed by atoms with E-state index >= 15 is 0 Å². The topological polar surface area (TPSA) is 23.5 Å². The molecule has 2 nitrogen and oxygen atoms in total. The van der Waals surface area contributed by atoms with E-state index in [1.54, 1.807) is 0 Å². The number of hydrogen-bond donors (Lipinski definition) is 1. The van der Waals surface area contributed by atoms with Crippen LogP contribution in [0.25, 0.3) is 0 Å². The van der Waals surface area contributed by atoms with Gasteiger partial charge in [0, 0.05) is 13.1 Å². The summed E-state index contributed by atoms with van der Waals surface area (Å²) in [5, 5.41) is 9.27. The van der Waals surface area contributed by atoms with Gasteiger partial charge in [0.15, 0.2) is 0 Å². The maximum Gasteiger partial charge on any atom is 0.140 e. The van der Waals surface area contributed by atoms with E-state index in [-0.39, 0.29) is 0 Å². The molecule has 0 bridgehead atoms. The van der Waals surface area contributed by atoms with E-state index in [4.69, 9.17) is 11.6 Å². The second-order valence-electron chi connectivity index (χ2n) is 5.12. The minimum Gasteiger partial charge on any atom is -0.376 e. The van der Waals surface area contributed by atoms with Gasteiger partial charge < -0.3 is 5.11 Å². The van der Waals surface area contributed by atoms with E-state index in [2.05, 4.69) is 25.7 Å². The van der Waals surface area contributed by atoms with Crippen molar-refractivity contribution in [2.75, 3.05) is 19.6 Å². The van der Waals surface area contributed by atoms with Gasteiger partial charge in [-0.3, -0.25) is 4.90 Å². The number of hydrogen-bond acceptors (Lipinski definition) is 2. The molecular weight excluding hydrogens is 234 g/mol. The molecule has 2 unspecified atom stereocenters. The van der Waals surface area contributed by atoms with Gasteiger partial charge in [0.1, 0.15) is 5.56 Å². The number of alkyl halides is 1. The summed E-state index contributed by atoms with van der Waals surface area (Å²) in [6.45, 7) is 9.41. The lowest BCUT2D eigenvalue weighted by atomic mass is 10.1. The van der Waals surface area contributed by atoms with Gasteiger partial charge in [0.25, 0.3) is 0 Å². The maximum atomic E-state index is 9.27. The minimum absolute atomic E-state index is 0.597. The van der Waals surface area contributed by atoms with Gasteiger partial charge in [0.2, 0.25) is 0 Å². The molecule has 0 aliphatic heterocycles. The normalized spacial score (nSPS) is 15.2. The SMILES string of the molecule is CCCCCCCN(CC(O)Cl)CC(C)CC. The van der Waals surface area contributed by atoms with Crippen LogP contribution < -0.4 is 0 Å². The summed E-state index contributed by atoms with van der Waals surface area (Å²) >= 11 is 5.68. The number of halogens is 1. The van der Waals surface area contributed by atoms with Gasteiger partial charge in [-0.1, -0.05) is 64.5 Å². The molecule has 2 atom stereocenters. The van der Waals surface area contributed by atoms with Crippen molar-refractivity contribution in [2.45, 2.75) is 64.9 Å². The molecule has 0 heterocycles. The van der Waals surface area contributed by atoms with Crippen molar-refractivity contribution in [1.29, 1.82) is 0 Å². The molecule has 0 amide bonds. The molecule has 0 aromatic heterocycles. The quantitative estimate of drug-likeness (QED) is 0.452. The van der Waals surface area contributed by atoms with Crippen LogP contribution in [0.2, 0.25) is 0 Å². The van der Waals surface area contributed by atoms with Crippen LogP contribution in [0.4, 0.5) is 0 Å². The lowest BCUT2D eigenvalue weighted by Crippen LogP contribution is -2.34. The zero-order valence-electron chi connectivity index (χ0n) is 11.8. The predicted molar refractivity (Wildman–Crippen MR) is 76.5 cm³/mol. The molecule has 0 aromatic rings. The fourth-order valence-corrected chi connectivity index (χ4v) is 2.17. The molecule has 0 aliphatic rings. The smallest absolute Gasteiger partial charge is 0.140 e. The molecule has 3 heteroatoms. The van der Waals surface area contributed by atoms with Crippen LogP contribution >= 0.6 is 11.6 Å². The highest BCUT2D eigenvalue weighted by molar-refractivity contribution is 6.19. The van der Waals surface area contributed by atoms with Crippen molar-refractivity contribution in [1.82, 2.24) is 4.90 Å². The summed E-state index contributed by atoms with van der Waals surface area (Å²) in [5.74, 6) is 0.682. The minimum atomic E-state index is -0.727. The van der Waals surface area contributed by atoms with E-state index in [0.29, 0.717) is 12.5 Å². The molecule has 0 radical (unpaired) electrons. The Labute approximate surface area is 112 Å². The van der Waals surface area contributed by atoms with Gasteiger partial charge >= 0.3 is 0 Å². The monoisotopic (exact) mass is 263 g/mol.